The summed E-state index contributed by atoms with van der Waals surface area (Å²) in [6.45, 7) is 4.44. The first kappa shape index (κ1) is 6.16. The van der Waals surface area contributed by atoms with Gasteiger partial charge in [-0.05, 0) is 13.3 Å². The van der Waals surface area contributed by atoms with Crippen LogP contribution in [0.1, 0.15) is 12.1 Å². The van der Waals surface area contributed by atoms with Gasteiger partial charge in [0.1, 0.15) is 0 Å². The number of hydrogen-bond acceptors (Lipinski definition) is 3. The highest BCUT2D eigenvalue weighted by Crippen LogP contribution is 2.23. The molecule has 2 nitrogen and oxygen atoms in total. The van der Waals surface area contributed by atoms with Crippen molar-refractivity contribution in [2.45, 2.75) is 13.3 Å². The summed E-state index contributed by atoms with van der Waals surface area (Å²) in [5.41, 5.74) is 1.15. The Kier molecular flexibility index (Phi) is 1.38. The molecule has 1 fully saturated rings. The van der Waals surface area contributed by atoms with E-state index in [9.17, 15) is 0 Å². The maximum atomic E-state index is 4.38. The lowest BCUT2D eigenvalue weighted by atomic mass is 10.2. The van der Waals surface area contributed by atoms with Crippen molar-refractivity contribution in [2.75, 3.05) is 18.0 Å². The molecular weight excluding hydrogens is 144 g/mol. The zero-order valence-electron chi connectivity index (χ0n) is 6.00. The Hall–Kier alpha value is -0.570. The monoisotopic (exact) mass is 154 g/mol. The van der Waals surface area contributed by atoms with Crippen molar-refractivity contribution in [2.24, 2.45) is 0 Å². The summed E-state index contributed by atoms with van der Waals surface area (Å²) in [6, 6.07) is 0. The molecule has 1 saturated heterocycles. The highest BCUT2D eigenvalue weighted by atomic mass is 32.1. The standard InChI is InChI=1S/C7H10N2S/c1-6-5-10-7(8-6)9-3-2-4-9/h5H,2-4H2,1H3. The molecule has 54 valence electrons. The van der Waals surface area contributed by atoms with E-state index in [0.717, 1.165) is 5.69 Å². The zero-order chi connectivity index (χ0) is 6.97. The van der Waals surface area contributed by atoms with Crippen molar-refractivity contribution in [3.8, 4) is 0 Å². The van der Waals surface area contributed by atoms with Crippen molar-refractivity contribution in [3.63, 3.8) is 0 Å². The molecule has 1 aliphatic heterocycles. The van der Waals surface area contributed by atoms with Crippen molar-refractivity contribution in [1.29, 1.82) is 0 Å². The minimum atomic E-state index is 1.15. The Balaban J connectivity index is 2.17. The van der Waals surface area contributed by atoms with Gasteiger partial charge in [0.2, 0.25) is 0 Å². The maximum absolute atomic E-state index is 4.38. The summed E-state index contributed by atoms with van der Waals surface area (Å²) in [4.78, 5) is 6.69. The van der Waals surface area contributed by atoms with Gasteiger partial charge in [-0.2, -0.15) is 0 Å². The first-order valence-electron chi connectivity index (χ1n) is 3.53. The molecule has 0 saturated carbocycles. The summed E-state index contributed by atoms with van der Waals surface area (Å²) in [7, 11) is 0. The normalized spacial score (nSPS) is 17.1. The Bertz CT molecular complexity index is 227. The van der Waals surface area contributed by atoms with Gasteiger partial charge in [0.25, 0.3) is 0 Å². The van der Waals surface area contributed by atoms with E-state index in [1.165, 1.54) is 24.6 Å². The third kappa shape index (κ3) is 0.904. The number of thiazole rings is 1. The van der Waals surface area contributed by atoms with Gasteiger partial charge in [0.15, 0.2) is 5.13 Å². The first-order valence-corrected chi connectivity index (χ1v) is 4.41. The Labute approximate surface area is 64.5 Å². The summed E-state index contributed by atoms with van der Waals surface area (Å²) in [6.07, 6.45) is 1.33. The largest absolute Gasteiger partial charge is 0.348 e. The van der Waals surface area contributed by atoms with Crippen LogP contribution in [0.4, 0.5) is 5.13 Å². The lowest BCUT2D eigenvalue weighted by Crippen LogP contribution is -2.36. The van der Waals surface area contributed by atoms with Crippen LogP contribution in [0.25, 0.3) is 0 Å². The third-order valence-corrected chi connectivity index (χ3v) is 2.75. The van der Waals surface area contributed by atoms with Crippen LogP contribution in [-0.4, -0.2) is 18.1 Å². The van der Waals surface area contributed by atoms with Crippen LogP contribution in [-0.2, 0) is 0 Å². The SMILES string of the molecule is Cc1csc(N2CCC2)n1. The lowest BCUT2D eigenvalue weighted by Gasteiger charge is -2.30. The van der Waals surface area contributed by atoms with Crippen LogP contribution in [0.5, 0.6) is 0 Å². The van der Waals surface area contributed by atoms with E-state index in [0.29, 0.717) is 0 Å². The van der Waals surface area contributed by atoms with Gasteiger partial charge in [-0.15, -0.1) is 11.3 Å². The highest BCUT2D eigenvalue weighted by molar-refractivity contribution is 7.13. The van der Waals surface area contributed by atoms with Crippen molar-refractivity contribution < 1.29 is 0 Å². The number of aryl methyl sites for hydroxylation is 1. The first-order chi connectivity index (χ1) is 4.86. The molecule has 1 aromatic heterocycles. The Morgan fingerprint density at radius 2 is 2.40 bits per heavy atom. The smallest absolute Gasteiger partial charge is 0.185 e. The molecule has 0 aliphatic carbocycles. The minimum absolute atomic E-state index is 1.15. The van der Waals surface area contributed by atoms with E-state index in [1.54, 1.807) is 11.3 Å². The number of anilines is 1. The molecule has 0 unspecified atom stereocenters. The molecule has 1 aromatic rings. The zero-order valence-corrected chi connectivity index (χ0v) is 6.82. The van der Waals surface area contributed by atoms with Gasteiger partial charge in [-0.25, -0.2) is 4.98 Å². The fraction of sp³-hybridized carbons (Fsp3) is 0.571. The lowest BCUT2D eigenvalue weighted by molar-refractivity contribution is 0.615. The summed E-state index contributed by atoms with van der Waals surface area (Å²) >= 11 is 1.75. The van der Waals surface area contributed by atoms with Gasteiger partial charge in [0, 0.05) is 18.5 Å². The molecule has 0 aromatic carbocycles. The second kappa shape index (κ2) is 2.23. The van der Waals surface area contributed by atoms with Crippen LogP contribution in [0.3, 0.4) is 0 Å². The topological polar surface area (TPSA) is 16.1 Å². The molecule has 3 heteroatoms. The second-order valence-corrected chi connectivity index (χ2v) is 3.45. The molecule has 0 bridgehead atoms. The van der Waals surface area contributed by atoms with Crippen LogP contribution < -0.4 is 4.90 Å². The fourth-order valence-electron chi connectivity index (χ4n) is 0.994. The maximum Gasteiger partial charge on any atom is 0.185 e. The van der Waals surface area contributed by atoms with E-state index in [4.69, 9.17) is 0 Å². The van der Waals surface area contributed by atoms with Crippen LogP contribution in [0, 0.1) is 6.92 Å². The average Bonchev–Trinajstić information content (AvgIpc) is 2.10. The van der Waals surface area contributed by atoms with Crippen molar-refractivity contribution in [3.05, 3.63) is 11.1 Å². The van der Waals surface area contributed by atoms with E-state index in [1.807, 2.05) is 6.92 Å². The van der Waals surface area contributed by atoms with Crippen LogP contribution in [0.15, 0.2) is 5.38 Å². The van der Waals surface area contributed by atoms with E-state index in [-0.39, 0.29) is 0 Å². The van der Waals surface area contributed by atoms with Crippen LogP contribution >= 0.6 is 11.3 Å². The molecule has 0 amide bonds. The van der Waals surface area contributed by atoms with Gasteiger partial charge < -0.3 is 4.90 Å². The minimum Gasteiger partial charge on any atom is -0.348 e. The van der Waals surface area contributed by atoms with Gasteiger partial charge in [-0.3, -0.25) is 0 Å². The molecule has 2 rings (SSSR count). The summed E-state index contributed by atoms with van der Waals surface area (Å²) in [5.74, 6) is 0. The predicted molar refractivity (Wildman–Crippen MR) is 43.7 cm³/mol. The highest BCUT2D eigenvalue weighted by Gasteiger charge is 2.16. The molecule has 0 N–H and O–H groups in total. The summed E-state index contributed by atoms with van der Waals surface area (Å²) in [5, 5.41) is 3.30. The van der Waals surface area contributed by atoms with E-state index >= 15 is 0 Å². The Morgan fingerprint density at radius 3 is 2.80 bits per heavy atom. The fourth-order valence-corrected chi connectivity index (χ4v) is 1.85. The molecule has 0 atom stereocenters. The van der Waals surface area contributed by atoms with Gasteiger partial charge >= 0.3 is 0 Å². The predicted octanol–water partition coefficient (Wildman–Crippen LogP) is 1.66. The number of hydrogen-bond donors (Lipinski definition) is 0. The Morgan fingerprint density at radius 1 is 1.60 bits per heavy atom. The van der Waals surface area contributed by atoms with Crippen LogP contribution in [0.2, 0.25) is 0 Å². The van der Waals surface area contributed by atoms with Gasteiger partial charge in [-0.1, -0.05) is 0 Å². The molecule has 0 radical (unpaired) electrons. The average molecular weight is 154 g/mol. The molecular formula is C7H10N2S. The quantitative estimate of drug-likeness (QED) is 0.611. The van der Waals surface area contributed by atoms with Crippen molar-refractivity contribution in [1.82, 2.24) is 4.98 Å². The van der Waals surface area contributed by atoms with Gasteiger partial charge in [0.05, 0.1) is 5.69 Å². The number of aromatic nitrogens is 1. The van der Waals surface area contributed by atoms with E-state index in [2.05, 4.69) is 15.3 Å². The molecule has 10 heavy (non-hydrogen) atoms. The molecule has 2 heterocycles. The van der Waals surface area contributed by atoms with E-state index < -0.39 is 0 Å². The summed E-state index contributed by atoms with van der Waals surface area (Å²) < 4.78 is 0. The molecule has 1 aliphatic rings. The molecule has 0 spiro atoms. The third-order valence-electron chi connectivity index (χ3n) is 1.73. The number of nitrogens with zero attached hydrogens (tertiary/aromatic N) is 2. The van der Waals surface area contributed by atoms with Crippen molar-refractivity contribution >= 4 is 16.5 Å². The number of rotatable bonds is 1. The second-order valence-electron chi connectivity index (χ2n) is 2.61.